The van der Waals surface area contributed by atoms with Crippen LogP contribution in [0.25, 0.3) is 0 Å². The number of fused-ring (bicyclic) bond motifs is 1. The number of nitrogens with two attached hydrogens (primary N) is 1. The minimum atomic E-state index is 0. The third kappa shape index (κ3) is 3.19. The molecule has 1 heterocycles. The molecule has 3 aliphatic rings. The van der Waals surface area contributed by atoms with Crippen LogP contribution in [0.5, 0.6) is 5.75 Å². The molecule has 1 saturated heterocycles. The molecular formula is C24H31ClN2O. The second-order valence-electron chi connectivity index (χ2n) is 8.90. The van der Waals surface area contributed by atoms with Crippen LogP contribution in [-0.4, -0.2) is 29.1 Å². The molecule has 1 saturated carbocycles. The number of piperidine rings is 1. The maximum Gasteiger partial charge on any atom is 0.115 e. The van der Waals surface area contributed by atoms with Crippen LogP contribution in [0.2, 0.25) is 0 Å². The van der Waals surface area contributed by atoms with Crippen LogP contribution >= 0.6 is 12.4 Å². The normalized spacial score (nSPS) is 28.7. The van der Waals surface area contributed by atoms with Crippen molar-refractivity contribution >= 4 is 18.1 Å². The number of benzene rings is 2. The highest BCUT2D eigenvalue weighted by Crippen LogP contribution is 2.56. The Morgan fingerprint density at radius 2 is 1.89 bits per heavy atom. The van der Waals surface area contributed by atoms with Gasteiger partial charge >= 0.3 is 0 Å². The molecule has 0 amide bonds. The summed E-state index contributed by atoms with van der Waals surface area (Å²) < 4.78 is 0. The van der Waals surface area contributed by atoms with E-state index in [2.05, 4.69) is 29.2 Å². The zero-order valence-corrected chi connectivity index (χ0v) is 17.3. The van der Waals surface area contributed by atoms with Gasteiger partial charge in [0.1, 0.15) is 5.75 Å². The first-order valence-corrected chi connectivity index (χ1v) is 10.6. The highest BCUT2D eigenvalue weighted by Gasteiger charge is 2.53. The minimum absolute atomic E-state index is 0. The van der Waals surface area contributed by atoms with Gasteiger partial charge in [-0.15, -0.1) is 12.4 Å². The van der Waals surface area contributed by atoms with Crippen LogP contribution in [0.3, 0.4) is 0 Å². The summed E-state index contributed by atoms with van der Waals surface area (Å²) in [5.41, 5.74) is 11.3. The molecule has 3 atom stereocenters. The lowest BCUT2D eigenvalue weighted by molar-refractivity contribution is -0.0106. The summed E-state index contributed by atoms with van der Waals surface area (Å²) in [6, 6.07) is 15.2. The van der Waals surface area contributed by atoms with E-state index >= 15 is 0 Å². The molecule has 1 aliphatic heterocycles. The second-order valence-corrected chi connectivity index (χ2v) is 8.90. The maximum absolute atomic E-state index is 10.1. The lowest BCUT2D eigenvalue weighted by atomic mass is 9.52. The Morgan fingerprint density at radius 1 is 1.07 bits per heavy atom. The standard InChI is InChI=1S/C24H30N2O.ClH/c25-19-7-4-17(5-8-19)10-13-26-14-12-24-11-2-1-3-21(24)23(26)15-18-6-9-20(27)16-22(18)24;/h4-9,16,21,23,27H,1-3,10-15,25H2;1H/t21-,23-,24-;/m0./s1. The molecule has 0 aromatic heterocycles. The number of halogens is 1. The van der Waals surface area contributed by atoms with Gasteiger partial charge in [-0.25, -0.2) is 0 Å². The van der Waals surface area contributed by atoms with Crippen LogP contribution < -0.4 is 5.73 Å². The third-order valence-corrected chi connectivity index (χ3v) is 7.60. The van der Waals surface area contributed by atoms with Crippen LogP contribution in [0.1, 0.15) is 48.8 Å². The number of likely N-dealkylation sites (tertiary alicyclic amines) is 1. The fraction of sp³-hybridized carbons (Fsp3) is 0.500. The van der Waals surface area contributed by atoms with E-state index in [-0.39, 0.29) is 12.4 Å². The number of phenols is 1. The van der Waals surface area contributed by atoms with Crippen LogP contribution in [0, 0.1) is 5.92 Å². The van der Waals surface area contributed by atoms with Gasteiger partial charge < -0.3 is 10.8 Å². The average Bonchev–Trinajstić information content (AvgIpc) is 2.69. The van der Waals surface area contributed by atoms with Gasteiger partial charge in [0.2, 0.25) is 0 Å². The summed E-state index contributed by atoms with van der Waals surface area (Å²) in [4.78, 5) is 2.76. The summed E-state index contributed by atoms with van der Waals surface area (Å²) in [6.07, 6.45) is 8.83. The second kappa shape index (κ2) is 7.61. The first-order valence-electron chi connectivity index (χ1n) is 10.6. The van der Waals surface area contributed by atoms with Crippen molar-refractivity contribution in [1.82, 2.24) is 4.90 Å². The topological polar surface area (TPSA) is 49.5 Å². The van der Waals surface area contributed by atoms with Gasteiger partial charge in [0.15, 0.2) is 0 Å². The summed E-state index contributed by atoms with van der Waals surface area (Å²) in [5, 5.41) is 10.1. The third-order valence-electron chi connectivity index (χ3n) is 7.60. The molecule has 2 aromatic rings. The molecule has 4 heteroatoms. The van der Waals surface area contributed by atoms with Crippen molar-refractivity contribution in [2.45, 2.75) is 56.4 Å². The van der Waals surface area contributed by atoms with Gasteiger partial charge in [0, 0.05) is 23.7 Å². The number of anilines is 1. The number of hydrogen-bond donors (Lipinski definition) is 2. The summed E-state index contributed by atoms with van der Waals surface area (Å²) in [5.74, 6) is 1.19. The number of phenolic OH excluding ortho intramolecular Hbond substituents is 1. The van der Waals surface area contributed by atoms with E-state index in [1.165, 1.54) is 55.3 Å². The molecule has 2 bridgehead atoms. The van der Waals surface area contributed by atoms with E-state index in [9.17, 15) is 5.11 Å². The Kier molecular flexibility index (Phi) is 5.32. The van der Waals surface area contributed by atoms with Gasteiger partial charge in [-0.05, 0) is 85.5 Å². The first-order chi connectivity index (χ1) is 13.2. The van der Waals surface area contributed by atoms with E-state index < -0.39 is 0 Å². The van der Waals surface area contributed by atoms with Gasteiger partial charge in [0.05, 0.1) is 0 Å². The Labute approximate surface area is 174 Å². The molecular weight excluding hydrogens is 368 g/mol. The van der Waals surface area contributed by atoms with Gasteiger partial charge in [0.25, 0.3) is 0 Å². The Hall–Kier alpha value is -1.71. The van der Waals surface area contributed by atoms with Crippen LogP contribution in [0.4, 0.5) is 5.69 Å². The average molecular weight is 399 g/mol. The summed E-state index contributed by atoms with van der Waals surface area (Å²) >= 11 is 0. The zero-order chi connectivity index (χ0) is 18.4. The van der Waals surface area contributed by atoms with Crippen molar-refractivity contribution in [2.24, 2.45) is 5.92 Å². The Bertz CT molecular complexity index is 837. The van der Waals surface area contributed by atoms with Gasteiger partial charge in [-0.1, -0.05) is 31.0 Å². The van der Waals surface area contributed by atoms with Crippen molar-refractivity contribution < 1.29 is 5.11 Å². The number of nitrogen functional groups attached to an aromatic ring is 1. The summed E-state index contributed by atoms with van der Waals surface area (Å²) in [7, 11) is 0. The van der Waals surface area contributed by atoms with E-state index in [4.69, 9.17) is 5.73 Å². The predicted octanol–water partition coefficient (Wildman–Crippen LogP) is 4.70. The highest BCUT2D eigenvalue weighted by molar-refractivity contribution is 5.85. The van der Waals surface area contributed by atoms with E-state index in [0.29, 0.717) is 17.2 Å². The predicted molar refractivity (Wildman–Crippen MR) is 117 cm³/mol. The largest absolute Gasteiger partial charge is 0.508 e. The van der Waals surface area contributed by atoms with E-state index in [1.807, 2.05) is 18.2 Å². The molecule has 2 aliphatic carbocycles. The van der Waals surface area contributed by atoms with Gasteiger partial charge in [-0.3, -0.25) is 4.90 Å². The number of hydrogen-bond acceptors (Lipinski definition) is 3. The SMILES string of the molecule is Cl.Nc1ccc(CCN2CC[C@@]34CCCC[C@H]3[C@@H]2Cc2ccc(O)cc24)cc1. The highest BCUT2D eigenvalue weighted by atomic mass is 35.5. The molecule has 3 N–H and O–H groups in total. The van der Waals surface area contributed by atoms with Crippen LogP contribution in [-0.2, 0) is 18.3 Å². The maximum atomic E-state index is 10.1. The summed E-state index contributed by atoms with van der Waals surface area (Å²) in [6.45, 7) is 2.32. The van der Waals surface area contributed by atoms with Gasteiger partial charge in [-0.2, -0.15) is 0 Å². The molecule has 150 valence electrons. The van der Waals surface area contributed by atoms with Crippen molar-refractivity contribution in [3.8, 4) is 5.75 Å². The lowest BCUT2D eigenvalue weighted by Crippen LogP contribution is -2.61. The number of aromatic hydroxyl groups is 1. The molecule has 0 radical (unpaired) electrons. The quantitative estimate of drug-likeness (QED) is 0.737. The van der Waals surface area contributed by atoms with Crippen molar-refractivity contribution in [1.29, 1.82) is 0 Å². The molecule has 2 fully saturated rings. The van der Waals surface area contributed by atoms with Crippen molar-refractivity contribution in [2.75, 3.05) is 18.8 Å². The van der Waals surface area contributed by atoms with Crippen molar-refractivity contribution in [3.63, 3.8) is 0 Å². The molecule has 2 aromatic carbocycles. The molecule has 0 unspecified atom stereocenters. The van der Waals surface area contributed by atoms with E-state index in [0.717, 1.165) is 31.0 Å². The lowest BCUT2D eigenvalue weighted by Gasteiger charge is -2.59. The minimum Gasteiger partial charge on any atom is -0.508 e. The monoisotopic (exact) mass is 398 g/mol. The molecule has 5 rings (SSSR count). The molecule has 3 nitrogen and oxygen atoms in total. The smallest absolute Gasteiger partial charge is 0.115 e. The Morgan fingerprint density at radius 3 is 2.71 bits per heavy atom. The fourth-order valence-electron chi connectivity index (χ4n) is 6.31. The Balaban J connectivity index is 0.00000192. The van der Waals surface area contributed by atoms with E-state index in [1.54, 1.807) is 0 Å². The first kappa shape index (κ1) is 19.6. The number of rotatable bonds is 3. The van der Waals surface area contributed by atoms with Crippen LogP contribution in [0.15, 0.2) is 42.5 Å². The number of nitrogens with zero attached hydrogens (tertiary/aromatic N) is 1. The molecule has 28 heavy (non-hydrogen) atoms. The van der Waals surface area contributed by atoms with Crippen molar-refractivity contribution in [3.05, 3.63) is 59.2 Å². The fourth-order valence-corrected chi connectivity index (χ4v) is 6.31. The zero-order valence-electron chi connectivity index (χ0n) is 16.4. The molecule has 0 spiro atoms.